The van der Waals surface area contributed by atoms with E-state index in [-0.39, 0.29) is 17.4 Å². The minimum atomic E-state index is -0.819. The summed E-state index contributed by atoms with van der Waals surface area (Å²) in [4.78, 5) is 40.0. The molecule has 3 heterocycles. The number of para-hydroxylation sites is 2. The maximum absolute atomic E-state index is 13.5. The second kappa shape index (κ2) is 11.4. The number of carbonyl (C=O) groups is 1. The van der Waals surface area contributed by atoms with E-state index in [0.29, 0.717) is 12.5 Å². The van der Waals surface area contributed by atoms with Crippen molar-refractivity contribution in [2.45, 2.75) is 38.6 Å². The van der Waals surface area contributed by atoms with Crippen LogP contribution < -0.4 is 15.4 Å². The number of amides is 1. The van der Waals surface area contributed by atoms with Gasteiger partial charge in [-0.1, -0.05) is 24.3 Å². The Balaban J connectivity index is 1.35. The SMILES string of the molecule is CC(OC(=O)N(C)C)n1c(N(C)C2CCN(c3nc4ccccc4n3Cc3ccc(F)cc3)CC2)nccc1=O. The zero-order valence-corrected chi connectivity index (χ0v) is 23.2. The molecule has 1 fully saturated rings. The number of halogens is 1. The van der Waals surface area contributed by atoms with E-state index in [1.807, 2.05) is 30.1 Å². The molecule has 0 N–H and O–H groups in total. The van der Waals surface area contributed by atoms with Gasteiger partial charge in [0.2, 0.25) is 11.9 Å². The van der Waals surface area contributed by atoms with Gasteiger partial charge in [-0.3, -0.25) is 4.79 Å². The lowest BCUT2D eigenvalue weighted by Gasteiger charge is -2.38. The van der Waals surface area contributed by atoms with Gasteiger partial charge in [-0.05, 0) is 49.6 Å². The highest BCUT2D eigenvalue weighted by atomic mass is 19.1. The van der Waals surface area contributed by atoms with Crippen LogP contribution in [0, 0.1) is 5.82 Å². The van der Waals surface area contributed by atoms with E-state index in [1.165, 1.54) is 33.9 Å². The number of imidazole rings is 1. The third kappa shape index (κ3) is 5.49. The van der Waals surface area contributed by atoms with Crippen molar-refractivity contribution >= 4 is 29.0 Å². The van der Waals surface area contributed by atoms with Gasteiger partial charge >= 0.3 is 6.09 Å². The van der Waals surface area contributed by atoms with Crippen LogP contribution in [0.25, 0.3) is 11.0 Å². The van der Waals surface area contributed by atoms with Gasteiger partial charge in [0.15, 0.2) is 6.23 Å². The highest BCUT2D eigenvalue weighted by Gasteiger charge is 2.29. The topological polar surface area (TPSA) is 88.7 Å². The average molecular weight is 548 g/mol. The highest BCUT2D eigenvalue weighted by Crippen LogP contribution is 2.29. The first-order valence-corrected chi connectivity index (χ1v) is 13.4. The summed E-state index contributed by atoms with van der Waals surface area (Å²) in [6, 6.07) is 16.1. The van der Waals surface area contributed by atoms with E-state index in [0.717, 1.165) is 48.5 Å². The summed E-state index contributed by atoms with van der Waals surface area (Å²) in [5.41, 5.74) is 2.65. The first kappa shape index (κ1) is 27.2. The molecule has 0 aliphatic carbocycles. The van der Waals surface area contributed by atoms with Crippen molar-refractivity contribution in [2.24, 2.45) is 0 Å². The third-order valence-electron chi connectivity index (χ3n) is 7.36. The van der Waals surface area contributed by atoms with Crippen molar-refractivity contribution in [1.82, 2.24) is 24.0 Å². The Morgan fingerprint density at radius 1 is 1.07 bits per heavy atom. The standard InChI is InChI=1S/C29H34FN7O3/c1-20(40-29(39)33(2)3)37-26(38)13-16-31-27(37)34(4)23-14-17-35(18-15-23)28-32-24-7-5-6-8-25(24)36(28)19-21-9-11-22(30)12-10-21/h5-13,16,20,23H,14-15,17-19H2,1-4H3. The summed E-state index contributed by atoms with van der Waals surface area (Å²) in [7, 11) is 5.11. The van der Waals surface area contributed by atoms with E-state index in [1.54, 1.807) is 33.2 Å². The van der Waals surface area contributed by atoms with Crippen LogP contribution in [0.1, 0.15) is 31.6 Å². The second-order valence-electron chi connectivity index (χ2n) is 10.3. The smallest absolute Gasteiger partial charge is 0.411 e. The number of aromatic nitrogens is 4. The van der Waals surface area contributed by atoms with Crippen molar-refractivity contribution in [1.29, 1.82) is 0 Å². The molecular formula is C29H34FN7O3. The molecule has 210 valence electrons. The van der Waals surface area contributed by atoms with Crippen LogP contribution in [-0.4, -0.2) is 70.4 Å². The lowest BCUT2D eigenvalue weighted by atomic mass is 10.0. The fraction of sp³-hybridized carbons (Fsp3) is 0.379. The lowest BCUT2D eigenvalue weighted by Crippen LogP contribution is -2.46. The molecule has 1 unspecified atom stereocenters. The molecule has 1 amide bonds. The highest BCUT2D eigenvalue weighted by molar-refractivity contribution is 5.79. The molecule has 10 nitrogen and oxygen atoms in total. The Morgan fingerprint density at radius 2 is 1.77 bits per heavy atom. The van der Waals surface area contributed by atoms with Gasteiger partial charge in [0.25, 0.3) is 5.56 Å². The monoisotopic (exact) mass is 547 g/mol. The number of fused-ring (bicyclic) bond motifs is 1. The number of nitrogens with zero attached hydrogens (tertiary/aromatic N) is 7. The maximum atomic E-state index is 13.5. The average Bonchev–Trinajstić information content (AvgIpc) is 3.31. The summed E-state index contributed by atoms with van der Waals surface area (Å²) in [6.45, 7) is 3.75. The van der Waals surface area contributed by atoms with Crippen molar-refractivity contribution in [3.8, 4) is 0 Å². The molecule has 5 rings (SSSR count). The molecule has 40 heavy (non-hydrogen) atoms. The van der Waals surface area contributed by atoms with Crippen molar-refractivity contribution < 1.29 is 13.9 Å². The molecule has 0 spiro atoms. The van der Waals surface area contributed by atoms with Crippen molar-refractivity contribution in [3.05, 3.63) is 82.5 Å². The summed E-state index contributed by atoms with van der Waals surface area (Å²) in [6.07, 6.45) is 1.76. The number of ether oxygens (including phenoxy) is 1. The molecule has 2 aromatic carbocycles. The minimum Gasteiger partial charge on any atom is -0.425 e. The Hall–Kier alpha value is -4.41. The third-order valence-corrected chi connectivity index (χ3v) is 7.36. The van der Waals surface area contributed by atoms with E-state index >= 15 is 0 Å². The number of piperidine rings is 1. The first-order valence-electron chi connectivity index (χ1n) is 13.4. The van der Waals surface area contributed by atoms with Gasteiger partial charge in [0.05, 0.1) is 17.6 Å². The molecule has 0 radical (unpaired) electrons. The van der Waals surface area contributed by atoms with Crippen LogP contribution in [-0.2, 0) is 11.3 Å². The molecule has 1 saturated heterocycles. The number of rotatable bonds is 7. The number of anilines is 2. The van der Waals surface area contributed by atoms with E-state index < -0.39 is 12.3 Å². The fourth-order valence-corrected chi connectivity index (χ4v) is 5.16. The molecule has 0 saturated carbocycles. The van der Waals surface area contributed by atoms with Crippen LogP contribution in [0.2, 0.25) is 0 Å². The fourth-order valence-electron chi connectivity index (χ4n) is 5.16. The number of carbonyl (C=O) groups excluding carboxylic acids is 1. The molecule has 1 atom stereocenters. The van der Waals surface area contributed by atoms with E-state index in [9.17, 15) is 14.0 Å². The summed E-state index contributed by atoms with van der Waals surface area (Å²) in [5.74, 6) is 1.08. The predicted octanol–water partition coefficient (Wildman–Crippen LogP) is 4.10. The summed E-state index contributed by atoms with van der Waals surface area (Å²) in [5, 5.41) is 0. The molecular weight excluding hydrogens is 513 g/mol. The quantitative estimate of drug-likeness (QED) is 0.344. The van der Waals surface area contributed by atoms with Crippen LogP contribution in [0.3, 0.4) is 0 Å². The van der Waals surface area contributed by atoms with Gasteiger partial charge < -0.3 is 24.0 Å². The Kier molecular flexibility index (Phi) is 7.72. The van der Waals surface area contributed by atoms with Gasteiger partial charge in [-0.25, -0.2) is 23.7 Å². The maximum Gasteiger partial charge on any atom is 0.411 e. The summed E-state index contributed by atoms with van der Waals surface area (Å²) >= 11 is 0. The lowest BCUT2D eigenvalue weighted by molar-refractivity contribution is 0.0464. The van der Waals surface area contributed by atoms with Gasteiger partial charge in [0, 0.05) is 52.5 Å². The molecule has 2 aromatic heterocycles. The van der Waals surface area contributed by atoms with Crippen molar-refractivity contribution in [3.63, 3.8) is 0 Å². The number of hydrogen-bond acceptors (Lipinski definition) is 7. The zero-order chi connectivity index (χ0) is 28.4. The molecule has 0 bridgehead atoms. The van der Waals surface area contributed by atoms with Crippen LogP contribution in [0.15, 0.2) is 65.6 Å². The normalized spacial score (nSPS) is 14.8. The van der Waals surface area contributed by atoms with Gasteiger partial charge in [0.1, 0.15) is 5.82 Å². The van der Waals surface area contributed by atoms with Gasteiger partial charge in [-0.2, -0.15) is 0 Å². The number of hydrogen-bond donors (Lipinski definition) is 0. The number of benzene rings is 2. The predicted molar refractivity (Wildman–Crippen MR) is 152 cm³/mol. The van der Waals surface area contributed by atoms with Gasteiger partial charge in [-0.15, -0.1) is 0 Å². The molecule has 4 aromatic rings. The molecule has 11 heteroatoms. The van der Waals surface area contributed by atoms with Crippen molar-refractivity contribution in [2.75, 3.05) is 44.0 Å². The van der Waals surface area contributed by atoms with Crippen LogP contribution in [0.4, 0.5) is 21.1 Å². The van der Waals surface area contributed by atoms with E-state index in [2.05, 4.69) is 20.5 Å². The first-order chi connectivity index (χ1) is 19.2. The Bertz CT molecular complexity index is 1540. The largest absolute Gasteiger partial charge is 0.425 e. The van der Waals surface area contributed by atoms with E-state index in [4.69, 9.17) is 9.72 Å². The van der Waals surface area contributed by atoms with Crippen LogP contribution in [0.5, 0.6) is 0 Å². The Labute approximate surface area is 232 Å². The molecule has 1 aliphatic rings. The molecule has 1 aliphatic heterocycles. The zero-order valence-electron chi connectivity index (χ0n) is 23.2. The van der Waals surface area contributed by atoms with Crippen LogP contribution >= 0.6 is 0 Å². The second-order valence-corrected chi connectivity index (χ2v) is 10.3. The summed E-state index contributed by atoms with van der Waals surface area (Å²) < 4.78 is 22.6. The Morgan fingerprint density at radius 3 is 2.48 bits per heavy atom. The minimum absolute atomic E-state index is 0.114.